The van der Waals surface area contributed by atoms with Crippen LogP contribution in [0.3, 0.4) is 0 Å². The predicted molar refractivity (Wildman–Crippen MR) is 218 cm³/mol. The minimum absolute atomic E-state index is 0.0406. The third-order valence-electron chi connectivity index (χ3n) is 10.7. The van der Waals surface area contributed by atoms with Crippen LogP contribution < -0.4 is 21.3 Å². The Labute approximate surface area is 301 Å². The molecule has 0 unspecified atom stereocenters. The van der Waals surface area contributed by atoms with Gasteiger partial charge < -0.3 is 13.7 Å². The standard InChI is InChI=1S/C48H30BNO2/c1-5-13-31(14-6-1)33-21-23-45-37(25-33)39-27-43-41(29-47(39)51-45)49(35-17-9-3-10-18-35)42-30-48-40(28-44(42)50(43)36-19-11-4-12-20-36)38-26-34(22-24-46(38)52-48)32-15-7-2-8-16-32/h1-30H. The Bertz CT molecular complexity index is 2790. The van der Waals surface area contributed by atoms with Crippen LogP contribution in [-0.4, -0.2) is 6.71 Å². The van der Waals surface area contributed by atoms with E-state index in [1.165, 1.54) is 38.6 Å². The second kappa shape index (κ2) is 11.4. The summed E-state index contributed by atoms with van der Waals surface area (Å²) in [6.07, 6.45) is 0. The van der Waals surface area contributed by atoms with Crippen molar-refractivity contribution in [1.82, 2.24) is 0 Å². The SMILES string of the molecule is c1ccc(B2c3cc4oc5ccc(-c6ccccc6)cc5c4cc3N(c3ccccc3)c3cc4c(cc32)oc2ccc(-c3ccccc3)cc24)cc1. The number of para-hydroxylation sites is 1. The van der Waals surface area contributed by atoms with E-state index in [9.17, 15) is 0 Å². The van der Waals surface area contributed by atoms with Crippen molar-refractivity contribution < 1.29 is 8.83 Å². The molecule has 0 spiro atoms. The van der Waals surface area contributed by atoms with Crippen molar-refractivity contribution in [2.45, 2.75) is 0 Å². The van der Waals surface area contributed by atoms with Gasteiger partial charge in [0.25, 0.3) is 0 Å². The van der Waals surface area contributed by atoms with Gasteiger partial charge in [-0.1, -0.05) is 127 Å². The van der Waals surface area contributed by atoms with Gasteiger partial charge in [0.05, 0.1) is 0 Å². The Morgan fingerprint density at radius 1 is 0.346 bits per heavy atom. The molecule has 3 heterocycles. The molecule has 0 saturated carbocycles. The van der Waals surface area contributed by atoms with E-state index in [1.807, 2.05) is 0 Å². The number of benzene rings is 8. The second-order valence-corrected chi connectivity index (χ2v) is 13.7. The summed E-state index contributed by atoms with van der Waals surface area (Å²) in [5.41, 5.74) is 15.3. The molecule has 1 aliphatic heterocycles. The highest BCUT2D eigenvalue weighted by molar-refractivity contribution is 6.98. The summed E-state index contributed by atoms with van der Waals surface area (Å²) < 4.78 is 13.3. The van der Waals surface area contributed by atoms with Crippen LogP contribution in [0.15, 0.2) is 191 Å². The van der Waals surface area contributed by atoms with E-state index in [0.29, 0.717) is 0 Å². The van der Waals surface area contributed by atoms with E-state index in [1.54, 1.807) is 0 Å². The average Bonchev–Trinajstić information content (AvgIpc) is 3.76. The first-order valence-electron chi connectivity index (χ1n) is 17.8. The molecule has 1 aliphatic rings. The van der Waals surface area contributed by atoms with E-state index in [0.717, 1.165) is 60.9 Å². The summed E-state index contributed by atoms with van der Waals surface area (Å²) in [7, 11) is 0. The van der Waals surface area contributed by atoms with Gasteiger partial charge in [-0.25, -0.2) is 0 Å². The van der Waals surface area contributed by atoms with Crippen molar-refractivity contribution in [3.05, 3.63) is 182 Å². The van der Waals surface area contributed by atoms with Gasteiger partial charge in [-0.05, 0) is 93.8 Å². The van der Waals surface area contributed by atoms with Crippen molar-refractivity contribution >= 4 is 84.0 Å². The fraction of sp³-hybridized carbons (Fsp3) is 0. The van der Waals surface area contributed by atoms with Crippen molar-refractivity contribution in [2.24, 2.45) is 0 Å². The molecule has 3 nitrogen and oxygen atoms in total. The van der Waals surface area contributed by atoms with E-state index in [4.69, 9.17) is 8.83 Å². The van der Waals surface area contributed by atoms with E-state index in [-0.39, 0.29) is 6.71 Å². The molecular formula is C48H30BNO2. The molecule has 52 heavy (non-hydrogen) atoms. The number of hydrogen-bond donors (Lipinski definition) is 0. The van der Waals surface area contributed by atoms with Crippen LogP contribution in [-0.2, 0) is 0 Å². The van der Waals surface area contributed by atoms with Gasteiger partial charge in [0.15, 0.2) is 0 Å². The average molecular weight is 664 g/mol. The van der Waals surface area contributed by atoms with Crippen LogP contribution in [0.4, 0.5) is 17.1 Å². The molecule has 0 bridgehead atoms. The molecular weight excluding hydrogens is 633 g/mol. The second-order valence-electron chi connectivity index (χ2n) is 13.7. The number of anilines is 3. The maximum Gasteiger partial charge on any atom is 0.247 e. The summed E-state index contributed by atoms with van der Waals surface area (Å²) in [5, 5.41) is 4.42. The molecule has 0 saturated heterocycles. The molecule has 0 radical (unpaired) electrons. The third-order valence-corrected chi connectivity index (χ3v) is 10.7. The van der Waals surface area contributed by atoms with Gasteiger partial charge in [-0.3, -0.25) is 0 Å². The van der Waals surface area contributed by atoms with Gasteiger partial charge in [0.2, 0.25) is 6.71 Å². The highest BCUT2D eigenvalue weighted by Gasteiger charge is 2.37. The summed E-state index contributed by atoms with van der Waals surface area (Å²) in [6, 6.07) is 65.0. The molecule has 0 aliphatic carbocycles. The normalized spacial score (nSPS) is 12.5. The van der Waals surface area contributed by atoms with Crippen LogP contribution in [0, 0.1) is 0 Å². The summed E-state index contributed by atoms with van der Waals surface area (Å²) in [5.74, 6) is 0. The van der Waals surface area contributed by atoms with Crippen LogP contribution in [0.5, 0.6) is 0 Å². The van der Waals surface area contributed by atoms with Crippen LogP contribution in [0.25, 0.3) is 66.1 Å². The van der Waals surface area contributed by atoms with Crippen LogP contribution in [0.1, 0.15) is 0 Å². The molecule has 0 fully saturated rings. The molecule has 2 aromatic heterocycles. The van der Waals surface area contributed by atoms with E-state index >= 15 is 0 Å². The lowest BCUT2D eigenvalue weighted by Crippen LogP contribution is -2.57. The van der Waals surface area contributed by atoms with Gasteiger partial charge in [-0.2, -0.15) is 0 Å². The zero-order valence-electron chi connectivity index (χ0n) is 28.2. The van der Waals surface area contributed by atoms with Crippen LogP contribution in [0.2, 0.25) is 0 Å². The van der Waals surface area contributed by atoms with Gasteiger partial charge in [-0.15, -0.1) is 0 Å². The Kier molecular flexibility index (Phi) is 6.35. The molecule has 11 rings (SSSR count). The first-order valence-corrected chi connectivity index (χ1v) is 17.8. The number of furan rings is 2. The topological polar surface area (TPSA) is 29.5 Å². The predicted octanol–water partition coefficient (Wildman–Crippen LogP) is 11.1. The molecule has 10 aromatic rings. The molecule has 0 atom stereocenters. The number of hydrogen-bond acceptors (Lipinski definition) is 3. The molecule has 4 heteroatoms. The van der Waals surface area contributed by atoms with Gasteiger partial charge in [0, 0.05) is 38.6 Å². The Morgan fingerprint density at radius 2 is 0.769 bits per heavy atom. The Hall–Kier alpha value is -6.78. The maximum absolute atomic E-state index is 6.64. The monoisotopic (exact) mass is 663 g/mol. The summed E-state index contributed by atoms with van der Waals surface area (Å²) >= 11 is 0. The summed E-state index contributed by atoms with van der Waals surface area (Å²) in [6.45, 7) is -0.0406. The maximum atomic E-state index is 6.64. The first kappa shape index (κ1) is 29.0. The van der Waals surface area contributed by atoms with Gasteiger partial charge >= 0.3 is 0 Å². The molecule has 0 amide bonds. The van der Waals surface area contributed by atoms with Crippen LogP contribution >= 0.6 is 0 Å². The number of fused-ring (bicyclic) bond motifs is 8. The zero-order chi connectivity index (χ0) is 34.2. The lowest BCUT2D eigenvalue weighted by molar-refractivity contribution is 0.669. The summed E-state index contributed by atoms with van der Waals surface area (Å²) in [4.78, 5) is 2.43. The minimum Gasteiger partial charge on any atom is -0.456 e. The Balaban J connectivity index is 1.20. The zero-order valence-corrected chi connectivity index (χ0v) is 28.2. The molecule has 8 aromatic carbocycles. The highest BCUT2D eigenvalue weighted by atomic mass is 16.3. The highest BCUT2D eigenvalue weighted by Crippen LogP contribution is 2.43. The van der Waals surface area contributed by atoms with Crippen molar-refractivity contribution in [2.75, 3.05) is 4.90 Å². The lowest BCUT2D eigenvalue weighted by Gasteiger charge is -2.37. The first-order chi connectivity index (χ1) is 25.8. The lowest BCUT2D eigenvalue weighted by atomic mass is 9.35. The van der Waals surface area contributed by atoms with Crippen molar-refractivity contribution in [1.29, 1.82) is 0 Å². The molecule has 0 N–H and O–H groups in total. The van der Waals surface area contributed by atoms with Crippen molar-refractivity contribution in [3.63, 3.8) is 0 Å². The smallest absolute Gasteiger partial charge is 0.247 e. The fourth-order valence-electron chi connectivity index (χ4n) is 8.28. The Morgan fingerprint density at radius 3 is 1.25 bits per heavy atom. The fourth-order valence-corrected chi connectivity index (χ4v) is 8.28. The minimum atomic E-state index is -0.0406. The van der Waals surface area contributed by atoms with Crippen molar-refractivity contribution in [3.8, 4) is 22.3 Å². The van der Waals surface area contributed by atoms with E-state index in [2.05, 4.69) is 187 Å². The number of rotatable bonds is 4. The third kappa shape index (κ3) is 4.48. The quantitative estimate of drug-likeness (QED) is 0.176. The van der Waals surface area contributed by atoms with Gasteiger partial charge in [0.1, 0.15) is 22.3 Å². The van der Waals surface area contributed by atoms with E-state index < -0.39 is 0 Å². The number of nitrogens with zero attached hydrogens (tertiary/aromatic N) is 1. The largest absolute Gasteiger partial charge is 0.456 e. The molecule has 242 valence electrons.